The minimum Gasteiger partial charge on any atom is -0.348 e. The Balaban J connectivity index is 1.69. The van der Waals surface area contributed by atoms with Crippen LogP contribution in [0.1, 0.15) is 21.5 Å². The molecular formula is C17H16N4O. The van der Waals surface area contributed by atoms with Gasteiger partial charge >= 0.3 is 0 Å². The van der Waals surface area contributed by atoms with E-state index in [1.54, 1.807) is 30.7 Å². The lowest BCUT2D eigenvalue weighted by Gasteiger charge is -2.11. The van der Waals surface area contributed by atoms with E-state index in [-0.39, 0.29) is 5.91 Å². The average Bonchev–Trinajstić information content (AvgIpc) is 3.07. The molecule has 0 saturated carbocycles. The zero-order valence-corrected chi connectivity index (χ0v) is 12.0. The Kier molecular flexibility index (Phi) is 4.25. The zero-order chi connectivity index (χ0) is 15.2. The molecule has 1 amide bonds. The Morgan fingerprint density at radius 2 is 1.77 bits per heavy atom. The van der Waals surface area contributed by atoms with Crippen molar-refractivity contribution in [1.29, 1.82) is 0 Å². The van der Waals surface area contributed by atoms with Crippen molar-refractivity contribution in [2.45, 2.75) is 13.1 Å². The lowest BCUT2D eigenvalue weighted by molar-refractivity contribution is 0.0950. The number of nitrogens with one attached hydrogen (secondary N) is 1. The van der Waals surface area contributed by atoms with Crippen LogP contribution in [-0.2, 0) is 13.1 Å². The summed E-state index contributed by atoms with van der Waals surface area (Å²) in [5.74, 6) is -0.101. The fraction of sp³-hybridized carbons (Fsp3) is 0.118. The summed E-state index contributed by atoms with van der Waals surface area (Å²) in [4.78, 5) is 16.0. The molecule has 0 aliphatic heterocycles. The van der Waals surface area contributed by atoms with Crippen molar-refractivity contribution in [2.75, 3.05) is 0 Å². The van der Waals surface area contributed by atoms with Crippen LogP contribution < -0.4 is 5.32 Å². The van der Waals surface area contributed by atoms with Gasteiger partial charge in [-0.05, 0) is 29.3 Å². The molecule has 2 aromatic heterocycles. The molecule has 0 radical (unpaired) electrons. The van der Waals surface area contributed by atoms with Crippen LogP contribution >= 0.6 is 0 Å². The van der Waals surface area contributed by atoms with Gasteiger partial charge in [-0.15, -0.1) is 0 Å². The van der Waals surface area contributed by atoms with E-state index in [1.807, 2.05) is 35.1 Å². The van der Waals surface area contributed by atoms with Gasteiger partial charge in [-0.2, -0.15) is 5.10 Å². The maximum atomic E-state index is 12.1. The Hall–Kier alpha value is -2.95. The van der Waals surface area contributed by atoms with Gasteiger partial charge in [-0.3, -0.25) is 14.5 Å². The number of nitrogens with zero attached hydrogens (tertiary/aromatic N) is 3. The van der Waals surface area contributed by atoms with E-state index in [2.05, 4.69) is 21.5 Å². The van der Waals surface area contributed by atoms with Crippen molar-refractivity contribution in [3.63, 3.8) is 0 Å². The summed E-state index contributed by atoms with van der Waals surface area (Å²) >= 11 is 0. The third-order valence-electron chi connectivity index (χ3n) is 3.39. The summed E-state index contributed by atoms with van der Waals surface area (Å²) in [6.07, 6.45) is 6.90. The van der Waals surface area contributed by atoms with E-state index in [0.29, 0.717) is 18.7 Å². The largest absolute Gasteiger partial charge is 0.348 e. The molecule has 0 bridgehead atoms. The molecule has 0 saturated heterocycles. The SMILES string of the molecule is O=C(NCc1ccccc1Cn1cccn1)c1ccncc1. The number of hydrogen-bond donors (Lipinski definition) is 1. The average molecular weight is 292 g/mol. The number of aromatic nitrogens is 3. The van der Waals surface area contributed by atoms with Gasteiger partial charge in [0.2, 0.25) is 0 Å². The molecule has 3 aromatic rings. The molecule has 0 atom stereocenters. The molecule has 3 rings (SSSR count). The highest BCUT2D eigenvalue weighted by Crippen LogP contribution is 2.10. The molecule has 0 spiro atoms. The van der Waals surface area contributed by atoms with Gasteiger partial charge in [0.1, 0.15) is 0 Å². The van der Waals surface area contributed by atoms with E-state index in [9.17, 15) is 4.79 Å². The fourth-order valence-electron chi connectivity index (χ4n) is 2.23. The summed E-state index contributed by atoms with van der Waals surface area (Å²) in [5, 5.41) is 7.16. The molecule has 0 aliphatic rings. The summed E-state index contributed by atoms with van der Waals surface area (Å²) in [6, 6.07) is 13.3. The monoisotopic (exact) mass is 292 g/mol. The molecule has 0 fully saturated rings. The standard InChI is InChI=1S/C17H16N4O/c22-17(14-6-9-18-10-7-14)19-12-15-4-1-2-5-16(15)13-21-11-3-8-20-21/h1-11H,12-13H2,(H,19,22). The Labute approximate surface area is 128 Å². The summed E-state index contributed by atoms with van der Waals surface area (Å²) in [6.45, 7) is 1.17. The number of hydrogen-bond acceptors (Lipinski definition) is 3. The molecule has 2 heterocycles. The van der Waals surface area contributed by atoms with Gasteiger partial charge in [0.15, 0.2) is 0 Å². The minimum absolute atomic E-state index is 0.101. The van der Waals surface area contributed by atoms with Crippen LogP contribution in [0.3, 0.4) is 0 Å². The second-order valence-electron chi connectivity index (χ2n) is 4.89. The van der Waals surface area contributed by atoms with Crippen LogP contribution in [0.2, 0.25) is 0 Å². The van der Waals surface area contributed by atoms with Crippen molar-refractivity contribution < 1.29 is 4.79 Å². The molecule has 5 nitrogen and oxygen atoms in total. The first-order valence-corrected chi connectivity index (χ1v) is 7.05. The molecule has 110 valence electrons. The van der Waals surface area contributed by atoms with Crippen LogP contribution in [0.15, 0.2) is 67.3 Å². The lowest BCUT2D eigenvalue weighted by atomic mass is 10.1. The third kappa shape index (κ3) is 3.38. The first-order valence-electron chi connectivity index (χ1n) is 7.05. The van der Waals surface area contributed by atoms with Crippen LogP contribution in [0, 0.1) is 0 Å². The number of carbonyl (C=O) groups excluding carboxylic acids is 1. The Bertz CT molecular complexity index is 738. The topological polar surface area (TPSA) is 59.8 Å². The van der Waals surface area contributed by atoms with Gasteiger partial charge in [0, 0.05) is 36.9 Å². The van der Waals surface area contributed by atoms with Gasteiger partial charge in [-0.25, -0.2) is 0 Å². The van der Waals surface area contributed by atoms with Crippen LogP contribution in [0.5, 0.6) is 0 Å². The summed E-state index contributed by atoms with van der Waals surface area (Å²) in [5.41, 5.74) is 2.83. The van der Waals surface area contributed by atoms with Crippen molar-refractivity contribution in [3.8, 4) is 0 Å². The van der Waals surface area contributed by atoms with Gasteiger partial charge in [0.25, 0.3) is 5.91 Å². The third-order valence-corrected chi connectivity index (χ3v) is 3.39. The Morgan fingerprint density at radius 1 is 1.00 bits per heavy atom. The quantitative estimate of drug-likeness (QED) is 0.784. The maximum absolute atomic E-state index is 12.1. The van der Waals surface area contributed by atoms with Crippen LogP contribution in [0.4, 0.5) is 0 Å². The van der Waals surface area contributed by atoms with Gasteiger partial charge in [-0.1, -0.05) is 24.3 Å². The van der Waals surface area contributed by atoms with Gasteiger partial charge in [0.05, 0.1) is 6.54 Å². The fourth-order valence-corrected chi connectivity index (χ4v) is 2.23. The molecule has 22 heavy (non-hydrogen) atoms. The number of rotatable bonds is 5. The summed E-state index contributed by atoms with van der Waals surface area (Å²) in [7, 11) is 0. The molecule has 1 N–H and O–H groups in total. The normalized spacial score (nSPS) is 10.4. The number of carbonyl (C=O) groups is 1. The highest BCUT2D eigenvalue weighted by atomic mass is 16.1. The molecule has 1 aromatic carbocycles. The van der Waals surface area contributed by atoms with Crippen LogP contribution in [0.25, 0.3) is 0 Å². The van der Waals surface area contributed by atoms with Gasteiger partial charge < -0.3 is 5.32 Å². The highest BCUT2D eigenvalue weighted by Gasteiger charge is 2.07. The zero-order valence-electron chi connectivity index (χ0n) is 12.0. The molecule has 0 unspecified atom stereocenters. The predicted molar refractivity (Wildman–Crippen MR) is 83.2 cm³/mol. The summed E-state index contributed by atoms with van der Waals surface area (Å²) < 4.78 is 1.86. The highest BCUT2D eigenvalue weighted by molar-refractivity contribution is 5.93. The molecular weight excluding hydrogens is 276 g/mol. The van der Waals surface area contributed by atoms with Crippen molar-refractivity contribution in [2.24, 2.45) is 0 Å². The second kappa shape index (κ2) is 6.67. The minimum atomic E-state index is -0.101. The van der Waals surface area contributed by atoms with Crippen molar-refractivity contribution in [1.82, 2.24) is 20.1 Å². The molecule has 5 heteroatoms. The van der Waals surface area contributed by atoms with Crippen molar-refractivity contribution in [3.05, 3.63) is 83.9 Å². The number of pyridine rings is 1. The number of benzene rings is 1. The van der Waals surface area contributed by atoms with E-state index in [1.165, 1.54) is 0 Å². The van der Waals surface area contributed by atoms with Crippen LogP contribution in [-0.4, -0.2) is 20.7 Å². The van der Waals surface area contributed by atoms with E-state index >= 15 is 0 Å². The van der Waals surface area contributed by atoms with E-state index in [0.717, 1.165) is 11.1 Å². The first kappa shape index (κ1) is 14.0. The Morgan fingerprint density at radius 3 is 2.50 bits per heavy atom. The van der Waals surface area contributed by atoms with E-state index < -0.39 is 0 Å². The lowest BCUT2D eigenvalue weighted by Crippen LogP contribution is -2.23. The van der Waals surface area contributed by atoms with Crippen molar-refractivity contribution >= 4 is 5.91 Å². The van der Waals surface area contributed by atoms with E-state index in [4.69, 9.17) is 0 Å². The predicted octanol–water partition coefficient (Wildman–Crippen LogP) is 2.26. The maximum Gasteiger partial charge on any atom is 0.251 e. The smallest absolute Gasteiger partial charge is 0.251 e. The first-order chi connectivity index (χ1) is 10.8. The second-order valence-corrected chi connectivity index (χ2v) is 4.89. The number of amides is 1. The molecule has 0 aliphatic carbocycles.